The average Bonchev–Trinajstić information content (AvgIpc) is 2.87. The van der Waals surface area contributed by atoms with E-state index < -0.39 is 0 Å². The van der Waals surface area contributed by atoms with Crippen molar-refractivity contribution in [2.24, 2.45) is 11.8 Å². The van der Waals surface area contributed by atoms with Gasteiger partial charge in [-0.1, -0.05) is 18.2 Å². The molecule has 3 heterocycles. The van der Waals surface area contributed by atoms with Gasteiger partial charge in [0.1, 0.15) is 5.75 Å². The molecule has 1 amide bonds. The molecule has 0 radical (unpaired) electrons. The van der Waals surface area contributed by atoms with E-state index in [1.165, 1.54) is 5.56 Å². The van der Waals surface area contributed by atoms with Crippen LogP contribution in [0.2, 0.25) is 0 Å². The second-order valence-electron chi connectivity index (χ2n) is 10.1. The number of amides is 1. The molecule has 0 saturated carbocycles. The van der Waals surface area contributed by atoms with E-state index in [1.807, 2.05) is 18.3 Å². The molecule has 2 aliphatic heterocycles. The topological polar surface area (TPSA) is 48.9 Å². The van der Waals surface area contributed by atoms with Crippen molar-refractivity contribution in [1.29, 1.82) is 0 Å². The maximum absolute atomic E-state index is 13.2. The van der Waals surface area contributed by atoms with Crippen LogP contribution < -0.4 is 4.74 Å². The van der Waals surface area contributed by atoms with E-state index in [9.17, 15) is 4.79 Å². The highest BCUT2D eigenvalue weighted by atomic mass is 16.5. The van der Waals surface area contributed by atoms with Crippen molar-refractivity contribution in [3.63, 3.8) is 0 Å². The Morgan fingerprint density at radius 2 is 1.97 bits per heavy atom. The molecule has 4 rings (SSSR count). The maximum Gasteiger partial charge on any atom is 0.226 e. The summed E-state index contributed by atoms with van der Waals surface area (Å²) in [5, 5.41) is 0. The number of ether oxygens (including phenoxy) is 1. The fourth-order valence-electron chi connectivity index (χ4n) is 5.72. The summed E-state index contributed by atoms with van der Waals surface area (Å²) >= 11 is 0. The summed E-state index contributed by atoms with van der Waals surface area (Å²) in [7, 11) is 6.07. The minimum Gasteiger partial charge on any atom is -0.497 e. The predicted molar refractivity (Wildman–Crippen MR) is 136 cm³/mol. The van der Waals surface area contributed by atoms with Gasteiger partial charge < -0.3 is 14.5 Å². The maximum atomic E-state index is 13.2. The molecule has 2 atom stereocenters. The van der Waals surface area contributed by atoms with Crippen molar-refractivity contribution in [2.45, 2.75) is 44.7 Å². The number of aromatic nitrogens is 1. The Balaban J connectivity index is 1.43. The van der Waals surface area contributed by atoms with Gasteiger partial charge >= 0.3 is 0 Å². The minimum atomic E-state index is 0.176. The van der Waals surface area contributed by atoms with Gasteiger partial charge in [-0.3, -0.25) is 14.7 Å². The molecule has 0 spiro atoms. The van der Waals surface area contributed by atoms with Crippen molar-refractivity contribution in [1.82, 2.24) is 19.7 Å². The van der Waals surface area contributed by atoms with Gasteiger partial charge in [0, 0.05) is 38.4 Å². The largest absolute Gasteiger partial charge is 0.497 e. The molecule has 34 heavy (non-hydrogen) atoms. The van der Waals surface area contributed by atoms with Crippen molar-refractivity contribution >= 4 is 5.91 Å². The summed E-state index contributed by atoms with van der Waals surface area (Å²) in [6.07, 6.45) is 7.10. The lowest BCUT2D eigenvalue weighted by Gasteiger charge is -2.41. The number of benzene rings is 1. The highest BCUT2D eigenvalue weighted by molar-refractivity contribution is 5.79. The molecule has 2 fully saturated rings. The molecule has 0 unspecified atom stereocenters. The summed E-state index contributed by atoms with van der Waals surface area (Å²) < 4.78 is 5.47. The van der Waals surface area contributed by atoms with Crippen LogP contribution >= 0.6 is 0 Å². The Morgan fingerprint density at radius 3 is 2.68 bits per heavy atom. The molecule has 1 aromatic heterocycles. The molecule has 0 aliphatic carbocycles. The van der Waals surface area contributed by atoms with Crippen LogP contribution in [0.3, 0.4) is 0 Å². The van der Waals surface area contributed by atoms with E-state index >= 15 is 0 Å². The van der Waals surface area contributed by atoms with Gasteiger partial charge in [-0.15, -0.1) is 0 Å². The number of piperidine rings is 2. The number of nitrogens with zero attached hydrogens (tertiary/aromatic N) is 4. The number of likely N-dealkylation sites (tertiary alicyclic amines) is 2. The number of carbonyl (C=O) groups is 1. The number of hydrogen-bond donors (Lipinski definition) is 0. The predicted octanol–water partition coefficient (Wildman–Crippen LogP) is 3.71. The van der Waals surface area contributed by atoms with Gasteiger partial charge in [0.05, 0.1) is 18.7 Å². The van der Waals surface area contributed by atoms with Crippen LogP contribution in [0.5, 0.6) is 5.75 Å². The Hall–Kier alpha value is -2.44. The first-order chi connectivity index (χ1) is 16.5. The zero-order chi connectivity index (χ0) is 23.9. The smallest absolute Gasteiger partial charge is 0.226 e. The zero-order valence-corrected chi connectivity index (χ0v) is 21.0. The Morgan fingerprint density at radius 1 is 1.15 bits per heavy atom. The second-order valence-corrected chi connectivity index (χ2v) is 10.1. The van der Waals surface area contributed by atoms with Crippen LogP contribution in [0.4, 0.5) is 0 Å². The third-order valence-corrected chi connectivity index (χ3v) is 7.65. The number of methoxy groups -OCH3 is 1. The highest BCUT2D eigenvalue weighted by Crippen LogP contribution is 2.29. The SMILES string of the molecule is COc1cccc(C[C@@H](C2CCN(C(=O)[C@@H]3CCCN(C)C3)CC2)N(C)Cc2ccccn2)c1. The molecule has 184 valence electrons. The van der Waals surface area contributed by atoms with Gasteiger partial charge in [-0.05, 0) is 88.5 Å². The first kappa shape index (κ1) is 24.7. The van der Waals surface area contributed by atoms with E-state index in [0.29, 0.717) is 17.9 Å². The van der Waals surface area contributed by atoms with E-state index in [2.05, 4.69) is 64.1 Å². The number of hydrogen-bond acceptors (Lipinski definition) is 5. The summed E-state index contributed by atoms with van der Waals surface area (Å²) in [5.74, 6) is 1.99. The average molecular weight is 465 g/mol. The normalized spacial score (nSPS) is 20.9. The quantitative estimate of drug-likeness (QED) is 0.596. The van der Waals surface area contributed by atoms with Crippen molar-refractivity contribution in [3.8, 4) is 5.75 Å². The zero-order valence-electron chi connectivity index (χ0n) is 21.0. The standard InChI is InChI=1S/C28H40N4O2/c1-30-15-7-9-24(20-30)28(33)32-16-12-23(13-17-32)27(19-22-8-6-11-26(18-22)34-3)31(2)21-25-10-4-5-14-29-25/h4-6,8,10-11,14,18,23-24,27H,7,9,12-13,15-17,19-21H2,1-3H3/t24-,27+/m1/s1. The Kier molecular flexibility index (Phi) is 8.57. The molecule has 2 aliphatic rings. The van der Waals surface area contributed by atoms with E-state index in [1.54, 1.807) is 7.11 Å². The van der Waals surface area contributed by atoms with Gasteiger partial charge in [0.15, 0.2) is 0 Å². The minimum absolute atomic E-state index is 0.176. The van der Waals surface area contributed by atoms with Gasteiger partial charge in [-0.2, -0.15) is 0 Å². The van der Waals surface area contributed by atoms with Crippen LogP contribution in [0.25, 0.3) is 0 Å². The number of likely N-dealkylation sites (N-methyl/N-ethyl adjacent to an activating group) is 1. The van der Waals surface area contributed by atoms with E-state index in [4.69, 9.17) is 4.74 Å². The van der Waals surface area contributed by atoms with Crippen molar-refractivity contribution in [3.05, 3.63) is 59.9 Å². The third-order valence-electron chi connectivity index (χ3n) is 7.65. The van der Waals surface area contributed by atoms with Crippen LogP contribution in [-0.4, -0.2) is 79.0 Å². The molecule has 1 aromatic carbocycles. The summed E-state index contributed by atoms with van der Waals surface area (Å²) in [5.41, 5.74) is 2.38. The number of rotatable bonds is 8. The fraction of sp³-hybridized carbons (Fsp3) is 0.571. The molecule has 0 N–H and O–H groups in total. The third kappa shape index (κ3) is 6.36. The molecular weight excluding hydrogens is 424 g/mol. The summed E-state index contributed by atoms with van der Waals surface area (Å²) in [6, 6.07) is 14.9. The Bertz CT molecular complexity index is 914. The first-order valence-electron chi connectivity index (χ1n) is 12.7. The highest BCUT2D eigenvalue weighted by Gasteiger charge is 2.34. The van der Waals surface area contributed by atoms with Gasteiger partial charge in [-0.25, -0.2) is 0 Å². The van der Waals surface area contributed by atoms with Crippen molar-refractivity contribution in [2.75, 3.05) is 47.4 Å². The lowest BCUT2D eigenvalue weighted by atomic mass is 9.84. The Labute approximate surface area is 204 Å². The summed E-state index contributed by atoms with van der Waals surface area (Å²) in [6.45, 7) is 4.58. The number of pyridine rings is 1. The van der Waals surface area contributed by atoms with Crippen LogP contribution in [-0.2, 0) is 17.8 Å². The lowest BCUT2D eigenvalue weighted by molar-refractivity contribution is -0.139. The lowest BCUT2D eigenvalue weighted by Crippen LogP contribution is -2.49. The summed E-state index contributed by atoms with van der Waals surface area (Å²) in [4.78, 5) is 24.6. The molecular formula is C28H40N4O2. The number of carbonyl (C=O) groups excluding carboxylic acids is 1. The molecule has 2 saturated heterocycles. The van der Waals surface area contributed by atoms with Crippen LogP contribution in [0.15, 0.2) is 48.7 Å². The van der Waals surface area contributed by atoms with Crippen LogP contribution in [0.1, 0.15) is 36.9 Å². The molecule has 2 aromatic rings. The monoisotopic (exact) mass is 464 g/mol. The molecule has 6 heteroatoms. The van der Waals surface area contributed by atoms with E-state index in [0.717, 1.165) is 76.3 Å². The van der Waals surface area contributed by atoms with E-state index in [-0.39, 0.29) is 5.92 Å². The van der Waals surface area contributed by atoms with Gasteiger partial charge in [0.25, 0.3) is 0 Å². The van der Waals surface area contributed by atoms with Gasteiger partial charge in [0.2, 0.25) is 5.91 Å². The van der Waals surface area contributed by atoms with Crippen LogP contribution in [0, 0.1) is 11.8 Å². The molecule has 6 nitrogen and oxygen atoms in total. The second kappa shape index (κ2) is 11.8. The van der Waals surface area contributed by atoms with Crippen molar-refractivity contribution < 1.29 is 9.53 Å². The first-order valence-corrected chi connectivity index (χ1v) is 12.7. The molecule has 0 bridgehead atoms. The fourth-order valence-corrected chi connectivity index (χ4v) is 5.72.